The maximum Gasteiger partial charge on any atom is 0.328 e. The molecule has 0 aliphatic carbocycles. The highest BCUT2D eigenvalue weighted by atomic mass is 35.5. The predicted molar refractivity (Wildman–Crippen MR) is 112 cm³/mol. The molecule has 1 amide bonds. The number of sulfonamides is 1. The lowest BCUT2D eigenvalue weighted by atomic mass is 10.1. The number of rotatable bonds is 7. The number of carbonyl (C=O) groups excluding carboxylic acids is 2. The van der Waals surface area contributed by atoms with Gasteiger partial charge >= 0.3 is 5.97 Å². The van der Waals surface area contributed by atoms with Gasteiger partial charge in [0.1, 0.15) is 12.1 Å². The first-order valence-electron chi connectivity index (χ1n) is 9.52. The average Bonchev–Trinajstić information content (AvgIpc) is 3.25. The molecule has 2 aromatic carbocycles. The summed E-state index contributed by atoms with van der Waals surface area (Å²) in [5.74, 6) is -1.10. The van der Waals surface area contributed by atoms with Crippen LogP contribution in [-0.4, -0.2) is 50.3 Å². The number of halogens is 1. The van der Waals surface area contributed by atoms with Gasteiger partial charge in [-0.2, -0.15) is 4.31 Å². The normalized spacial score (nSPS) is 18.0. The SMILES string of the molecule is COC(=O)[C@H](Cc1ccccc1)NC(=O)[C@@H]1CCCN1S(=O)(=O)c1ccc(Cl)cc1. The fourth-order valence-electron chi connectivity index (χ4n) is 3.49. The van der Waals surface area contributed by atoms with Gasteiger partial charge in [0.05, 0.1) is 12.0 Å². The van der Waals surface area contributed by atoms with Crippen LogP contribution in [0.15, 0.2) is 59.5 Å². The molecule has 0 aromatic heterocycles. The van der Waals surface area contributed by atoms with Gasteiger partial charge in [-0.05, 0) is 42.7 Å². The maximum absolute atomic E-state index is 13.0. The fourth-order valence-corrected chi connectivity index (χ4v) is 5.27. The Morgan fingerprint density at radius 3 is 2.47 bits per heavy atom. The van der Waals surface area contributed by atoms with Crippen molar-refractivity contribution < 1.29 is 22.7 Å². The van der Waals surface area contributed by atoms with E-state index in [1.807, 2.05) is 30.3 Å². The highest BCUT2D eigenvalue weighted by molar-refractivity contribution is 7.89. The minimum absolute atomic E-state index is 0.0698. The third-order valence-electron chi connectivity index (χ3n) is 5.01. The molecular weight excluding hydrogens is 428 g/mol. The van der Waals surface area contributed by atoms with Crippen LogP contribution in [0, 0.1) is 0 Å². The molecule has 1 saturated heterocycles. The Hall–Kier alpha value is -2.42. The third kappa shape index (κ3) is 5.00. The monoisotopic (exact) mass is 450 g/mol. The van der Waals surface area contributed by atoms with Gasteiger partial charge in [0.15, 0.2) is 0 Å². The second kappa shape index (κ2) is 9.59. The van der Waals surface area contributed by atoms with Crippen LogP contribution in [-0.2, 0) is 30.8 Å². The lowest BCUT2D eigenvalue weighted by Gasteiger charge is -2.25. The summed E-state index contributed by atoms with van der Waals surface area (Å²) in [6.07, 6.45) is 1.17. The largest absolute Gasteiger partial charge is 0.467 e. The molecule has 2 atom stereocenters. The highest BCUT2D eigenvalue weighted by Crippen LogP contribution is 2.27. The van der Waals surface area contributed by atoms with Crippen molar-refractivity contribution in [3.05, 3.63) is 65.2 Å². The molecule has 1 heterocycles. The lowest BCUT2D eigenvalue weighted by molar-refractivity contribution is -0.145. The van der Waals surface area contributed by atoms with E-state index in [1.165, 1.54) is 35.7 Å². The summed E-state index contributed by atoms with van der Waals surface area (Å²) in [6, 6.07) is 13.2. The van der Waals surface area contributed by atoms with Crippen LogP contribution in [0.3, 0.4) is 0 Å². The summed E-state index contributed by atoms with van der Waals surface area (Å²) in [4.78, 5) is 25.2. The Morgan fingerprint density at radius 2 is 1.83 bits per heavy atom. The standard InChI is InChI=1S/C21H23ClN2O5S/c1-29-21(26)18(14-15-6-3-2-4-7-15)23-20(25)19-8-5-13-24(19)30(27,28)17-11-9-16(22)10-12-17/h2-4,6-7,9-12,18-19H,5,8,13-14H2,1H3,(H,23,25)/t18-,19-/m0/s1. The minimum atomic E-state index is -3.87. The predicted octanol–water partition coefficient (Wildman–Crippen LogP) is 2.39. The zero-order valence-electron chi connectivity index (χ0n) is 16.5. The van der Waals surface area contributed by atoms with Crippen LogP contribution in [0.2, 0.25) is 5.02 Å². The lowest BCUT2D eigenvalue weighted by Crippen LogP contribution is -2.51. The van der Waals surface area contributed by atoms with Gasteiger partial charge in [-0.25, -0.2) is 13.2 Å². The Bertz CT molecular complexity index is 996. The van der Waals surface area contributed by atoms with Gasteiger partial charge in [0, 0.05) is 18.0 Å². The number of carbonyl (C=O) groups is 2. The van der Waals surface area contributed by atoms with Crippen LogP contribution in [0.4, 0.5) is 0 Å². The van der Waals surface area contributed by atoms with Gasteiger partial charge in [0.2, 0.25) is 15.9 Å². The second-order valence-electron chi connectivity index (χ2n) is 7.00. The van der Waals surface area contributed by atoms with Crippen molar-refractivity contribution in [2.24, 2.45) is 0 Å². The van der Waals surface area contributed by atoms with Crippen molar-refractivity contribution in [1.82, 2.24) is 9.62 Å². The molecule has 9 heteroatoms. The first kappa shape index (κ1) is 22.3. The smallest absolute Gasteiger partial charge is 0.328 e. The average molecular weight is 451 g/mol. The van der Waals surface area contributed by atoms with Crippen molar-refractivity contribution in [3.63, 3.8) is 0 Å². The molecule has 160 valence electrons. The van der Waals surface area contributed by atoms with Crippen LogP contribution >= 0.6 is 11.6 Å². The molecule has 1 aliphatic rings. The van der Waals surface area contributed by atoms with Gasteiger partial charge in [0.25, 0.3) is 0 Å². The van der Waals surface area contributed by atoms with Crippen LogP contribution in [0.1, 0.15) is 18.4 Å². The van der Waals surface area contributed by atoms with Crippen LogP contribution in [0.5, 0.6) is 0 Å². The van der Waals surface area contributed by atoms with Crippen molar-refractivity contribution in [2.45, 2.75) is 36.2 Å². The molecule has 1 aliphatic heterocycles. The Balaban J connectivity index is 1.78. The van der Waals surface area contributed by atoms with E-state index < -0.39 is 34.0 Å². The minimum Gasteiger partial charge on any atom is -0.467 e. The van der Waals surface area contributed by atoms with E-state index in [1.54, 1.807) is 0 Å². The van der Waals surface area contributed by atoms with Crippen LogP contribution in [0.25, 0.3) is 0 Å². The topological polar surface area (TPSA) is 92.8 Å². The summed E-state index contributed by atoms with van der Waals surface area (Å²) in [5.41, 5.74) is 0.852. The number of nitrogens with one attached hydrogen (secondary N) is 1. The first-order chi connectivity index (χ1) is 14.3. The number of esters is 1. The molecule has 2 aromatic rings. The molecule has 0 radical (unpaired) electrons. The van der Waals surface area contributed by atoms with Crippen molar-refractivity contribution in [3.8, 4) is 0 Å². The maximum atomic E-state index is 13.0. The van der Waals surface area contributed by atoms with Gasteiger partial charge in [-0.15, -0.1) is 0 Å². The van der Waals surface area contributed by atoms with E-state index in [-0.39, 0.29) is 17.9 Å². The van der Waals surface area contributed by atoms with E-state index in [0.29, 0.717) is 17.9 Å². The Labute approximate surface area is 181 Å². The molecule has 7 nitrogen and oxygen atoms in total. The fraction of sp³-hybridized carbons (Fsp3) is 0.333. The molecule has 1 N–H and O–H groups in total. The first-order valence-corrected chi connectivity index (χ1v) is 11.3. The van der Waals surface area contributed by atoms with E-state index in [4.69, 9.17) is 16.3 Å². The third-order valence-corrected chi connectivity index (χ3v) is 7.19. The van der Waals surface area contributed by atoms with Gasteiger partial charge in [-0.3, -0.25) is 4.79 Å². The summed E-state index contributed by atoms with van der Waals surface area (Å²) in [5, 5.41) is 3.10. The quantitative estimate of drug-likeness (QED) is 0.654. The summed E-state index contributed by atoms with van der Waals surface area (Å²) in [7, 11) is -2.62. The highest BCUT2D eigenvalue weighted by Gasteiger charge is 2.40. The summed E-state index contributed by atoms with van der Waals surface area (Å²) >= 11 is 5.85. The van der Waals surface area contributed by atoms with E-state index in [9.17, 15) is 18.0 Å². The molecular formula is C21H23ClN2O5S. The second-order valence-corrected chi connectivity index (χ2v) is 9.33. The Kier molecular flexibility index (Phi) is 7.12. The van der Waals surface area contributed by atoms with Crippen molar-refractivity contribution >= 4 is 33.5 Å². The zero-order valence-corrected chi connectivity index (χ0v) is 18.0. The molecule has 0 spiro atoms. The van der Waals surface area contributed by atoms with Crippen LogP contribution < -0.4 is 5.32 Å². The van der Waals surface area contributed by atoms with Crippen molar-refractivity contribution in [2.75, 3.05) is 13.7 Å². The molecule has 0 saturated carbocycles. The molecule has 3 rings (SSSR count). The Morgan fingerprint density at radius 1 is 1.17 bits per heavy atom. The number of methoxy groups -OCH3 is 1. The molecule has 1 fully saturated rings. The number of hydrogen-bond acceptors (Lipinski definition) is 5. The van der Waals surface area contributed by atoms with Gasteiger partial charge < -0.3 is 10.1 Å². The molecule has 30 heavy (non-hydrogen) atoms. The van der Waals surface area contributed by atoms with Crippen molar-refractivity contribution in [1.29, 1.82) is 0 Å². The van der Waals surface area contributed by atoms with E-state index in [0.717, 1.165) is 5.56 Å². The molecule has 0 unspecified atom stereocenters. The number of amides is 1. The number of ether oxygens (including phenoxy) is 1. The van der Waals surface area contributed by atoms with E-state index >= 15 is 0 Å². The van der Waals surface area contributed by atoms with E-state index in [2.05, 4.69) is 5.32 Å². The summed E-state index contributed by atoms with van der Waals surface area (Å²) in [6.45, 7) is 0.227. The number of benzene rings is 2. The zero-order chi connectivity index (χ0) is 21.7. The molecule has 0 bridgehead atoms. The summed E-state index contributed by atoms with van der Waals surface area (Å²) < 4.78 is 32.1. The number of hydrogen-bond donors (Lipinski definition) is 1. The number of nitrogens with zero attached hydrogens (tertiary/aromatic N) is 1. The van der Waals surface area contributed by atoms with Gasteiger partial charge in [-0.1, -0.05) is 41.9 Å².